The summed E-state index contributed by atoms with van der Waals surface area (Å²) < 4.78 is 37.9. The van der Waals surface area contributed by atoms with Gasteiger partial charge in [0.1, 0.15) is 5.82 Å². The van der Waals surface area contributed by atoms with E-state index in [4.69, 9.17) is 18.9 Å². The number of ether oxygens (including phenoxy) is 4. The minimum atomic E-state index is -0.110. The van der Waals surface area contributed by atoms with Gasteiger partial charge in [0.2, 0.25) is 0 Å². The summed E-state index contributed by atoms with van der Waals surface area (Å²) in [6, 6.07) is 5.70. The molecule has 7 heteroatoms. The number of fused-ring (bicyclic) bond motifs is 2. The zero-order valence-corrected chi connectivity index (χ0v) is 16.0. The first kappa shape index (κ1) is 20.6. The topological polar surface area (TPSA) is 43.4 Å². The average Bonchev–Trinajstić information content (AvgIpc) is 2.67. The number of hydrogen-bond donors (Lipinski definition) is 0. The minimum Gasteiger partial charge on any atom is -0.378 e. The first-order chi connectivity index (χ1) is 13.3. The summed E-state index contributed by atoms with van der Waals surface area (Å²) >= 11 is 0. The number of nitrogens with zero attached hydrogens (tertiary/aromatic N) is 2. The molecule has 0 spiro atoms. The standard InChI is InChI=1S/C20H31FN2O4/c21-20-18-2-1-3-19(20)17-23-6-10-26-14-12-24-8-4-22(16-18)5-9-25-13-15-27-11-7-23/h1-3H,4-17H2. The molecule has 0 fully saturated rings. The first-order valence-corrected chi connectivity index (χ1v) is 9.85. The highest BCUT2D eigenvalue weighted by atomic mass is 19.1. The SMILES string of the molecule is Fc1c2cccc1CN1CCOCCOCCN(CCOCCOCC1)C2. The Bertz CT molecular complexity index is 497. The van der Waals surface area contributed by atoms with Crippen LogP contribution in [-0.2, 0) is 32.0 Å². The van der Waals surface area contributed by atoms with Crippen LogP contribution >= 0.6 is 0 Å². The summed E-state index contributed by atoms with van der Waals surface area (Å²) in [5.74, 6) is -0.110. The van der Waals surface area contributed by atoms with Gasteiger partial charge in [0.15, 0.2) is 0 Å². The second kappa shape index (κ2) is 11.7. The summed E-state index contributed by atoms with van der Waals surface area (Å²) in [4.78, 5) is 4.36. The van der Waals surface area contributed by atoms with Gasteiger partial charge < -0.3 is 18.9 Å². The zero-order valence-electron chi connectivity index (χ0n) is 16.0. The molecule has 0 saturated heterocycles. The van der Waals surface area contributed by atoms with Crippen molar-refractivity contribution in [3.8, 4) is 0 Å². The largest absolute Gasteiger partial charge is 0.378 e. The van der Waals surface area contributed by atoms with E-state index in [0.717, 1.165) is 37.3 Å². The predicted octanol–water partition coefficient (Wildman–Crippen LogP) is 1.52. The lowest BCUT2D eigenvalue weighted by Gasteiger charge is -2.24. The quantitative estimate of drug-likeness (QED) is 0.678. The van der Waals surface area contributed by atoms with Crippen molar-refractivity contribution in [2.24, 2.45) is 0 Å². The van der Waals surface area contributed by atoms with E-state index in [1.165, 1.54) is 0 Å². The van der Waals surface area contributed by atoms with Crippen LogP contribution in [0.15, 0.2) is 18.2 Å². The second-order valence-electron chi connectivity index (χ2n) is 6.89. The van der Waals surface area contributed by atoms with Crippen LogP contribution in [0.2, 0.25) is 0 Å². The van der Waals surface area contributed by atoms with Crippen molar-refractivity contribution in [2.45, 2.75) is 13.1 Å². The van der Waals surface area contributed by atoms with Crippen LogP contribution in [0.25, 0.3) is 0 Å². The average molecular weight is 382 g/mol. The number of hydrogen-bond acceptors (Lipinski definition) is 6. The highest BCUT2D eigenvalue weighted by Gasteiger charge is 2.16. The third-order valence-electron chi connectivity index (χ3n) is 4.90. The highest BCUT2D eigenvalue weighted by Crippen LogP contribution is 2.17. The van der Waals surface area contributed by atoms with Crippen molar-refractivity contribution < 1.29 is 23.3 Å². The van der Waals surface area contributed by atoms with Gasteiger partial charge in [-0.15, -0.1) is 0 Å². The maximum absolute atomic E-state index is 15.1. The molecule has 1 aromatic carbocycles. The van der Waals surface area contributed by atoms with E-state index in [2.05, 4.69) is 9.80 Å². The smallest absolute Gasteiger partial charge is 0.132 e. The van der Waals surface area contributed by atoms with E-state index in [1.807, 2.05) is 18.2 Å². The van der Waals surface area contributed by atoms with Gasteiger partial charge in [0.25, 0.3) is 0 Å². The lowest BCUT2D eigenvalue weighted by atomic mass is 10.1. The van der Waals surface area contributed by atoms with Gasteiger partial charge in [-0.05, 0) is 0 Å². The fraction of sp³-hybridized carbons (Fsp3) is 0.700. The Labute approximate surface area is 161 Å². The molecule has 27 heavy (non-hydrogen) atoms. The van der Waals surface area contributed by atoms with Crippen LogP contribution in [0, 0.1) is 5.82 Å². The molecule has 1 aromatic rings. The second-order valence-corrected chi connectivity index (χ2v) is 6.89. The van der Waals surface area contributed by atoms with Crippen molar-refractivity contribution in [1.29, 1.82) is 0 Å². The summed E-state index contributed by atoms with van der Waals surface area (Å²) in [5.41, 5.74) is 1.45. The minimum absolute atomic E-state index is 0.110. The van der Waals surface area contributed by atoms with Crippen LogP contribution in [-0.4, -0.2) is 88.8 Å². The van der Waals surface area contributed by atoms with Crippen molar-refractivity contribution in [3.05, 3.63) is 35.1 Å². The third kappa shape index (κ3) is 7.10. The molecule has 0 N–H and O–H groups in total. The van der Waals surface area contributed by atoms with Crippen LogP contribution in [0.4, 0.5) is 4.39 Å². The Morgan fingerprint density at radius 1 is 0.593 bits per heavy atom. The molecule has 0 amide bonds. The molecule has 0 saturated carbocycles. The van der Waals surface area contributed by atoms with Crippen molar-refractivity contribution >= 4 is 0 Å². The Hall–Kier alpha value is -1.09. The van der Waals surface area contributed by atoms with E-state index in [1.54, 1.807) is 0 Å². The van der Waals surface area contributed by atoms with Gasteiger partial charge in [0, 0.05) is 50.4 Å². The number of rotatable bonds is 0. The van der Waals surface area contributed by atoms with E-state index in [0.29, 0.717) is 65.9 Å². The van der Waals surface area contributed by atoms with Crippen molar-refractivity contribution in [3.63, 3.8) is 0 Å². The normalized spacial score (nSPS) is 27.0. The molecule has 4 bridgehead atoms. The molecule has 3 rings (SSSR count). The van der Waals surface area contributed by atoms with Gasteiger partial charge in [-0.2, -0.15) is 0 Å². The summed E-state index contributed by atoms with van der Waals surface area (Å²) in [6.07, 6.45) is 0. The van der Waals surface area contributed by atoms with Crippen LogP contribution in [0.5, 0.6) is 0 Å². The number of benzene rings is 1. The maximum atomic E-state index is 15.1. The zero-order chi connectivity index (χ0) is 18.7. The Balaban J connectivity index is 1.82. The molecule has 6 nitrogen and oxygen atoms in total. The molecule has 0 radical (unpaired) electrons. The summed E-state index contributed by atoms with van der Waals surface area (Å²) in [6.45, 7) is 8.74. The Morgan fingerprint density at radius 3 is 1.33 bits per heavy atom. The molecule has 2 heterocycles. The van der Waals surface area contributed by atoms with Gasteiger partial charge in [-0.1, -0.05) is 18.2 Å². The van der Waals surface area contributed by atoms with E-state index >= 15 is 4.39 Å². The molecule has 2 aliphatic heterocycles. The van der Waals surface area contributed by atoms with Crippen molar-refractivity contribution in [1.82, 2.24) is 9.80 Å². The first-order valence-electron chi connectivity index (χ1n) is 9.85. The summed E-state index contributed by atoms with van der Waals surface area (Å²) in [7, 11) is 0. The van der Waals surface area contributed by atoms with Gasteiger partial charge in [-0.25, -0.2) is 4.39 Å². The Morgan fingerprint density at radius 2 is 0.963 bits per heavy atom. The lowest BCUT2D eigenvalue weighted by Crippen LogP contribution is -2.32. The molecule has 0 atom stereocenters. The fourth-order valence-corrected chi connectivity index (χ4v) is 3.32. The summed E-state index contributed by atoms with van der Waals surface area (Å²) in [5, 5.41) is 0. The van der Waals surface area contributed by atoms with Gasteiger partial charge >= 0.3 is 0 Å². The van der Waals surface area contributed by atoms with Crippen LogP contribution in [0.3, 0.4) is 0 Å². The molecular weight excluding hydrogens is 351 g/mol. The molecule has 0 aliphatic carbocycles. The third-order valence-corrected chi connectivity index (χ3v) is 4.90. The molecular formula is C20H31FN2O4. The molecule has 2 aliphatic rings. The van der Waals surface area contributed by atoms with Crippen LogP contribution < -0.4 is 0 Å². The molecule has 0 aromatic heterocycles. The van der Waals surface area contributed by atoms with Crippen LogP contribution in [0.1, 0.15) is 11.1 Å². The van der Waals surface area contributed by atoms with Crippen molar-refractivity contribution in [2.75, 3.05) is 79.0 Å². The van der Waals surface area contributed by atoms with Gasteiger partial charge in [-0.3, -0.25) is 9.80 Å². The monoisotopic (exact) mass is 382 g/mol. The highest BCUT2D eigenvalue weighted by molar-refractivity contribution is 5.26. The maximum Gasteiger partial charge on any atom is 0.132 e. The molecule has 152 valence electrons. The Kier molecular flexibility index (Phi) is 8.93. The number of halogens is 1. The van der Waals surface area contributed by atoms with E-state index in [-0.39, 0.29) is 5.82 Å². The fourth-order valence-electron chi connectivity index (χ4n) is 3.32. The van der Waals surface area contributed by atoms with E-state index < -0.39 is 0 Å². The predicted molar refractivity (Wildman–Crippen MR) is 100 cm³/mol. The lowest BCUT2D eigenvalue weighted by molar-refractivity contribution is 0.00664. The van der Waals surface area contributed by atoms with E-state index in [9.17, 15) is 0 Å². The molecule has 0 unspecified atom stereocenters. The van der Waals surface area contributed by atoms with Gasteiger partial charge in [0.05, 0.1) is 52.9 Å².